The molecule has 8 nitrogen and oxygen atoms in total. The van der Waals surface area contributed by atoms with Gasteiger partial charge in [-0.25, -0.2) is 40.9 Å². The Balaban J connectivity index is 1.64. The number of aromatic nitrogens is 4. The number of nitrogens with zero attached hydrogens (tertiary/aromatic N) is 4. The SMILES string of the molecule is COc1ccc(F)c(S(=O)(=O)Nc2cccc(-c3nc(-c4cncc(F)c4)sc3-c3ccnc(Cl)n3)c2F)c1F. The molecule has 204 valence electrons. The van der Waals surface area contributed by atoms with Gasteiger partial charge in [-0.2, -0.15) is 0 Å². The quantitative estimate of drug-likeness (QED) is 0.170. The summed E-state index contributed by atoms with van der Waals surface area (Å²) in [6, 6.07) is 8.00. The molecular weight excluding hydrogens is 594 g/mol. The lowest BCUT2D eigenvalue weighted by Gasteiger charge is -2.13. The molecule has 0 radical (unpaired) electrons. The van der Waals surface area contributed by atoms with Gasteiger partial charge in [0.25, 0.3) is 10.0 Å². The summed E-state index contributed by atoms with van der Waals surface area (Å²) < 4.78 is 91.4. The first kappa shape index (κ1) is 27.4. The molecule has 2 aromatic carbocycles. The lowest BCUT2D eigenvalue weighted by atomic mass is 10.1. The Kier molecular flexibility index (Phi) is 7.40. The second-order valence-corrected chi connectivity index (χ2v) is 10.9. The molecule has 0 atom stereocenters. The summed E-state index contributed by atoms with van der Waals surface area (Å²) in [5, 5.41) is 0.146. The summed E-state index contributed by atoms with van der Waals surface area (Å²) in [5.41, 5.74) is -0.250. The zero-order chi connectivity index (χ0) is 28.6. The average molecular weight is 608 g/mol. The third kappa shape index (κ3) is 5.20. The van der Waals surface area contributed by atoms with Crippen LogP contribution in [0.15, 0.2) is 66.0 Å². The number of rotatable bonds is 7. The van der Waals surface area contributed by atoms with Gasteiger partial charge in [0, 0.05) is 23.5 Å². The van der Waals surface area contributed by atoms with Gasteiger partial charge in [-0.05, 0) is 48.0 Å². The van der Waals surface area contributed by atoms with Crippen LogP contribution in [0.3, 0.4) is 0 Å². The van der Waals surface area contributed by atoms with E-state index in [1.54, 1.807) is 0 Å². The molecule has 5 rings (SSSR count). The molecule has 0 saturated heterocycles. The normalized spacial score (nSPS) is 11.4. The number of pyridine rings is 1. The number of sulfonamides is 1. The van der Waals surface area contributed by atoms with Gasteiger partial charge in [-0.15, -0.1) is 11.3 Å². The van der Waals surface area contributed by atoms with E-state index in [4.69, 9.17) is 16.3 Å². The van der Waals surface area contributed by atoms with Crippen LogP contribution < -0.4 is 9.46 Å². The summed E-state index contributed by atoms with van der Waals surface area (Å²) in [6.45, 7) is 0. The highest BCUT2D eigenvalue weighted by molar-refractivity contribution is 7.92. The predicted octanol–water partition coefficient (Wildman–Crippen LogP) is 6.35. The van der Waals surface area contributed by atoms with Gasteiger partial charge in [0.1, 0.15) is 16.6 Å². The molecule has 0 fully saturated rings. The molecule has 0 aliphatic carbocycles. The van der Waals surface area contributed by atoms with Crippen molar-refractivity contribution in [3.63, 3.8) is 0 Å². The van der Waals surface area contributed by atoms with Gasteiger partial charge in [0.05, 0.1) is 35.3 Å². The van der Waals surface area contributed by atoms with E-state index in [2.05, 4.69) is 19.9 Å². The van der Waals surface area contributed by atoms with E-state index >= 15 is 4.39 Å². The summed E-state index contributed by atoms with van der Waals surface area (Å²) in [5.74, 6) is -5.14. The van der Waals surface area contributed by atoms with Crippen molar-refractivity contribution in [1.29, 1.82) is 0 Å². The number of methoxy groups -OCH3 is 1. The first-order valence-corrected chi connectivity index (χ1v) is 13.7. The Morgan fingerprint density at radius 1 is 1.00 bits per heavy atom. The van der Waals surface area contributed by atoms with E-state index < -0.39 is 49.6 Å². The van der Waals surface area contributed by atoms with Crippen LogP contribution >= 0.6 is 22.9 Å². The Bertz CT molecular complexity index is 1870. The van der Waals surface area contributed by atoms with Crippen molar-refractivity contribution >= 4 is 38.6 Å². The lowest BCUT2D eigenvalue weighted by molar-refractivity contribution is 0.375. The maximum absolute atomic E-state index is 15.9. The second kappa shape index (κ2) is 10.8. The molecule has 0 unspecified atom stereocenters. The molecule has 0 aliphatic heterocycles. The molecule has 3 heterocycles. The van der Waals surface area contributed by atoms with Crippen LogP contribution in [0.1, 0.15) is 0 Å². The predicted molar refractivity (Wildman–Crippen MR) is 140 cm³/mol. The Labute approximate surface area is 233 Å². The summed E-state index contributed by atoms with van der Waals surface area (Å²) >= 11 is 6.98. The van der Waals surface area contributed by atoms with Crippen molar-refractivity contribution in [3.8, 4) is 38.1 Å². The number of ether oxygens (including phenoxy) is 1. The number of hydrogen-bond donors (Lipinski definition) is 1. The van der Waals surface area contributed by atoms with Gasteiger partial charge >= 0.3 is 0 Å². The summed E-state index contributed by atoms with van der Waals surface area (Å²) in [7, 11) is -3.89. The maximum Gasteiger partial charge on any atom is 0.268 e. The molecule has 0 spiro atoms. The van der Waals surface area contributed by atoms with Crippen molar-refractivity contribution in [2.75, 3.05) is 11.8 Å². The minimum atomic E-state index is -4.96. The molecule has 40 heavy (non-hydrogen) atoms. The van der Waals surface area contributed by atoms with Gasteiger partial charge < -0.3 is 4.74 Å². The van der Waals surface area contributed by atoms with Crippen molar-refractivity contribution in [3.05, 3.63) is 89.6 Å². The van der Waals surface area contributed by atoms with E-state index in [0.29, 0.717) is 16.5 Å². The number of nitrogens with one attached hydrogen (secondary N) is 1. The average Bonchev–Trinajstić information content (AvgIpc) is 3.35. The van der Waals surface area contributed by atoms with E-state index in [1.807, 2.05) is 4.72 Å². The van der Waals surface area contributed by atoms with Crippen molar-refractivity contribution in [2.45, 2.75) is 4.90 Å². The first-order valence-electron chi connectivity index (χ1n) is 11.0. The van der Waals surface area contributed by atoms with Crippen LogP contribution in [-0.2, 0) is 10.0 Å². The van der Waals surface area contributed by atoms with Gasteiger partial charge in [0.2, 0.25) is 5.28 Å². The second-order valence-electron chi connectivity index (χ2n) is 7.96. The number of halogens is 5. The molecule has 0 saturated carbocycles. The first-order chi connectivity index (χ1) is 19.1. The number of anilines is 1. The molecule has 0 bridgehead atoms. The van der Waals surface area contributed by atoms with E-state index in [9.17, 15) is 21.6 Å². The summed E-state index contributed by atoms with van der Waals surface area (Å²) in [4.78, 5) is 15.2. The topological polar surface area (TPSA) is 107 Å². The fraction of sp³-hybridized carbons (Fsp3) is 0.0400. The molecular formula is C25H14ClF4N5O3S2. The van der Waals surface area contributed by atoms with Gasteiger partial charge in [-0.1, -0.05) is 6.07 Å². The molecule has 15 heteroatoms. The monoisotopic (exact) mass is 607 g/mol. The largest absolute Gasteiger partial charge is 0.494 e. The molecule has 0 aliphatic rings. The van der Waals surface area contributed by atoms with Crippen molar-refractivity contribution in [2.24, 2.45) is 0 Å². The highest BCUT2D eigenvalue weighted by Crippen LogP contribution is 2.42. The van der Waals surface area contributed by atoms with Gasteiger partial charge in [-0.3, -0.25) is 9.71 Å². The molecule has 3 aromatic heterocycles. The van der Waals surface area contributed by atoms with E-state index in [-0.39, 0.29) is 27.2 Å². The van der Waals surface area contributed by atoms with Crippen molar-refractivity contribution < 1.29 is 30.7 Å². The zero-order valence-electron chi connectivity index (χ0n) is 20.0. The zero-order valence-corrected chi connectivity index (χ0v) is 22.4. The Morgan fingerprint density at radius 2 is 1.80 bits per heavy atom. The van der Waals surface area contributed by atoms with Crippen LogP contribution in [0.2, 0.25) is 5.28 Å². The van der Waals surface area contributed by atoms with Crippen LogP contribution in [0.25, 0.3) is 32.4 Å². The smallest absolute Gasteiger partial charge is 0.268 e. The molecule has 5 aromatic rings. The lowest BCUT2D eigenvalue weighted by Crippen LogP contribution is -2.18. The highest BCUT2D eigenvalue weighted by Gasteiger charge is 2.29. The molecule has 1 N–H and O–H groups in total. The standard InChI is InChI=1S/C25H14ClF4N5O3S2/c1-38-18-6-5-15(28)23(20(18)30)40(36,37)35-16-4-2-3-14(19(16)29)21-22(17-7-8-32-25(26)33-17)39-24(34-21)12-9-13(27)11-31-10-12/h2-11,35H,1H3. The number of hydrogen-bond acceptors (Lipinski definition) is 8. The van der Waals surface area contributed by atoms with Crippen LogP contribution in [0.4, 0.5) is 23.2 Å². The Hall–Kier alpha value is -4.14. The Morgan fingerprint density at radius 3 is 2.52 bits per heavy atom. The maximum atomic E-state index is 15.9. The summed E-state index contributed by atoms with van der Waals surface area (Å²) in [6.07, 6.45) is 3.74. The van der Waals surface area contributed by atoms with Crippen LogP contribution in [-0.4, -0.2) is 35.5 Å². The fourth-order valence-electron chi connectivity index (χ4n) is 3.70. The molecule has 0 amide bonds. The van der Waals surface area contributed by atoms with Gasteiger partial charge in [0.15, 0.2) is 22.3 Å². The van der Waals surface area contributed by atoms with Crippen LogP contribution in [0.5, 0.6) is 5.75 Å². The van der Waals surface area contributed by atoms with E-state index in [1.165, 1.54) is 36.7 Å². The van der Waals surface area contributed by atoms with E-state index in [0.717, 1.165) is 36.8 Å². The highest BCUT2D eigenvalue weighted by atomic mass is 35.5. The fourth-order valence-corrected chi connectivity index (χ4v) is 6.09. The minimum Gasteiger partial charge on any atom is -0.494 e. The van der Waals surface area contributed by atoms with Crippen LogP contribution in [0, 0.1) is 23.3 Å². The van der Waals surface area contributed by atoms with Crippen molar-refractivity contribution in [1.82, 2.24) is 19.9 Å². The number of benzene rings is 2. The third-order valence-corrected chi connectivity index (χ3v) is 8.15. The number of thiazole rings is 1. The minimum absolute atomic E-state index is 0.0105. The third-order valence-electron chi connectivity index (χ3n) is 5.44.